The van der Waals surface area contributed by atoms with Crippen molar-refractivity contribution in [1.82, 2.24) is 10.3 Å². The van der Waals surface area contributed by atoms with Crippen LogP contribution >= 0.6 is 0 Å². The number of nitrogens with zero attached hydrogens (tertiary/aromatic N) is 1. The zero-order valence-electron chi connectivity index (χ0n) is 11.0. The van der Waals surface area contributed by atoms with Crippen LogP contribution in [0.3, 0.4) is 0 Å². The summed E-state index contributed by atoms with van der Waals surface area (Å²) < 4.78 is 0. The van der Waals surface area contributed by atoms with Gasteiger partial charge in [-0.15, -0.1) is 0 Å². The van der Waals surface area contributed by atoms with Crippen LogP contribution in [0.1, 0.15) is 15.9 Å². The van der Waals surface area contributed by atoms with Crippen LogP contribution in [0.5, 0.6) is 5.75 Å². The average molecular weight is 271 g/mol. The molecule has 1 unspecified atom stereocenters. The van der Waals surface area contributed by atoms with Crippen molar-refractivity contribution in [3.8, 4) is 5.75 Å². The largest absolute Gasteiger partial charge is 0.505 e. The van der Waals surface area contributed by atoms with E-state index in [0.717, 1.165) is 5.56 Å². The van der Waals surface area contributed by atoms with Gasteiger partial charge in [0.05, 0.1) is 11.8 Å². The molecular formula is C15H17N3O2. The van der Waals surface area contributed by atoms with Crippen LogP contribution in [0.4, 0.5) is 0 Å². The first-order chi connectivity index (χ1) is 9.70. The molecule has 1 aromatic carbocycles. The molecule has 1 heterocycles. The van der Waals surface area contributed by atoms with Crippen LogP contribution in [0.25, 0.3) is 0 Å². The number of nitrogens with one attached hydrogen (secondary N) is 1. The van der Waals surface area contributed by atoms with E-state index in [-0.39, 0.29) is 23.3 Å². The molecule has 0 aliphatic carbocycles. The molecule has 0 aliphatic rings. The number of aromatic nitrogens is 1. The van der Waals surface area contributed by atoms with Gasteiger partial charge < -0.3 is 16.2 Å². The predicted molar refractivity (Wildman–Crippen MR) is 76.4 cm³/mol. The Morgan fingerprint density at radius 2 is 2.05 bits per heavy atom. The number of rotatable bonds is 5. The molecule has 20 heavy (non-hydrogen) atoms. The summed E-state index contributed by atoms with van der Waals surface area (Å²) in [5.41, 5.74) is 7.00. The van der Waals surface area contributed by atoms with Gasteiger partial charge in [-0.2, -0.15) is 0 Å². The SMILES string of the molecule is NCC(Cc1ccccc1)NC(=O)c1ccncc1O. The van der Waals surface area contributed by atoms with E-state index in [2.05, 4.69) is 10.3 Å². The highest BCUT2D eigenvalue weighted by Crippen LogP contribution is 2.14. The lowest BCUT2D eigenvalue weighted by Crippen LogP contribution is -2.41. The first-order valence-corrected chi connectivity index (χ1v) is 6.38. The van der Waals surface area contributed by atoms with Crippen LogP contribution in [0, 0.1) is 0 Å². The number of amides is 1. The summed E-state index contributed by atoms with van der Waals surface area (Å²) >= 11 is 0. The number of hydrogen-bond donors (Lipinski definition) is 3. The Morgan fingerprint density at radius 1 is 1.30 bits per heavy atom. The van der Waals surface area contributed by atoms with Crippen molar-refractivity contribution in [2.45, 2.75) is 12.5 Å². The number of pyridine rings is 1. The molecule has 1 aromatic heterocycles. The van der Waals surface area contributed by atoms with Crippen LogP contribution in [0.2, 0.25) is 0 Å². The maximum Gasteiger partial charge on any atom is 0.255 e. The van der Waals surface area contributed by atoms with Gasteiger partial charge in [0.1, 0.15) is 5.75 Å². The minimum atomic E-state index is -0.351. The van der Waals surface area contributed by atoms with Crippen molar-refractivity contribution < 1.29 is 9.90 Å². The van der Waals surface area contributed by atoms with E-state index in [1.807, 2.05) is 30.3 Å². The molecule has 5 heteroatoms. The molecule has 0 saturated carbocycles. The lowest BCUT2D eigenvalue weighted by atomic mass is 10.1. The third-order valence-corrected chi connectivity index (χ3v) is 2.99. The van der Waals surface area contributed by atoms with E-state index in [0.29, 0.717) is 13.0 Å². The fourth-order valence-electron chi connectivity index (χ4n) is 1.93. The number of benzene rings is 1. The summed E-state index contributed by atoms with van der Waals surface area (Å²) in [6.45, 7) is 0.326. The molecule has 0 bridgehead atoms. The number of carbonyl (C=O) groups excluding carboxylic acids is 1. The molecule has 104 valence electrons. The highest BCUT2D eigenvalue weighted by Gasteiger charge is 2.15. The van der Waals surface area contributed by atoms with Crippen molar-refractivity contribution in [2.24, 2.45) is 5.73 Å². The molecule has 0 aliphatic heterocycles. The zero-order chi connectivity index (χ0) is 14.4. The first kappa shape index (κ1) is 14.0. The van der Waals surface area contributed by atoms with Gasteiger partial charge in [0, 0.05) is 18.8 Å². The monoisotopic (exact) mass is 271 g/mol. The molecule has 2 aromatic rings. The molecular weight excluding hydrogens is 254 g/mol. The summed E-state index contributed by atoms with van der Waals surface area (Å²) in [6, 6.07) is 11.1. The van der Waals surface area contributed by atoms with Crippen molar-refractivity contribution in [1.29, 1.82) is 0 Å². The van der Waals surface area contributed by atoms with Crippen molar-refractivity contribution in [2.75, 3.05) is 6.54 Å². The van der Waals surface area contributed by atoms with Gasteiger partial charge in [-0.3, -0.25) is 9.78 Å². The van der Waals surface area contributed by atoms with E-state index in [9.17, 15) is 9.90 Å². The molecule has 0 radical (unpaired) electrons. The maximum absolute atomic E-state index is 12.1. The van der Waals surface area contributed by atoms with E-state index < -0.39 is 0 Å². The van der Waals surface area contributed by atoms with Gasteiger partial charge in [-0.05, 0) is 18.1 Å². The third-order valence-electron chi connectivity index (χ3n) is 2.99. The Bertz CT molecular complexity index is 572. The lowest BCUT2D eigenvalue weighted by Gasteiger charge is -2.17. The van der Waals surface area contributed by atoms with Crippen molar-refractivity contribution in [3.05, 3.63) is 59.9 Å². The van der Waals surface area contributed by atoms with E-state index in [1.165, 1.54) is 18.5 Å². The fourth-order valence-corrected chi connectivity index (χ4v) is 1.93. The smallest absolute Gasteiger partial charge is 0.255 e. The second-order valence-corrected chi connectivity index (χ2v) is 4.49. The quantitative estimate of drug-likeness (QED) is 0.759. The molecule has 5 nitrogen and oxygen atoms in total. The van der Waals surface area contributed by atoms with Gasteiger partial charge in [0.25, 0.3) is 5.91 Å². The van der Waals surface area contributed by atoms with Gasteiger partial charge >= 0.3 is 0 Å². The molecule has 1 atom stereocenters. The van der Waals surface area contributed by atoms with Gasteiger partial charge in [-0.1, -0.05) is 30.3 Å². The third kappa shape index (κ3) is 3.55. The Labute approximate surface area is 117 Å². The van der Waals surface area contributed by atoms with Crippen molar-refractivity contribution in [3.63, 3.8) is 0 Å². The topological polar surface area (TPSA) is 88.2 Å². The normalized spacial score (nSPS) is 11.8. The van der Waals surface area contributed by atoms with Gasteiger partial charge in [-0.25, -0.2) is 0 Å². The van der Waals surface area contributed by atoms with Crippen LogP contribution in [-0.2, 0) is 6.42 Å². The van der Waals surface area contributed by atoms with Gasteiger partial charge in [0.2, 0.25) is 0 Å². The number of aromatic hydroxyl groups is 1. The number of hydrogen-bond acceptors (Lipinski definition) is 4. The minimum absolute atomic E-state index is 0.138. The highest BCUT2D eigenvalue weighted by atomic mass is 16.3. The summed E-state index contributed by atoms with van der Waals surface area (Å²) in [7, 11) is 0. The summed E-state index contributed by atoms with van der Waals surface area (Å²) in [5, 5.41) is 12.4. The molecule has 1 amide bonds. The summed E-state index contributed by atoms with van der Waals surface area (Å²) in [5.74, 6) is -0.489. The van der Waals surface area contributed by atoms with Crippen LogP contribution in [0.15, 0.2) is 48.8 Å². The lowest BCUT2D eigenvalue weighted by molar-refractivity contribution is 0.0935. The van der Waals surface area contributed by atoms with Crippen LogP contribution < -0.4 is 11.1 Å². The zero-order valence-corrected chi connectivity index (χ0v) is 11.0. The Morgan fingerprint density at radius 3 is 2.70 bits per heavy atom. The molecule has 4 N–H and O–H groups in total. The standard InChI is InChI=1S/C15H17N3O2/c16-9-12(8-11-4-2-1-3-5-11)18-15(20)13-6-7-17-10-14(13)19/h1-7,10,12,19H,8-9,16H2,(H,18,20). The predicted octanol–water partition coefficient (Wildman–Crippen LogP) is 1.09. The molecule has 2 rings (SSSR count). The Kier molecular flexibility index (Phi) is 4.68. The maximum atomic E-state index is 12.1. The second-order valence-electron chi connectivity index (χ2n) is 4.49. The average Bonchev–Trinajstić information content (AvgIpc) is 2.48. The molecule has 0 saturated heterocycles. The van der Waals surface area contributed by atoms with E-state index >= 15 is 0 Å². The number of carbonyl (C=O) groups is 1. The highest BCUT2D eigenvalue weighted by molar-refractivity contribution is 5.96. The number of nitrogens with two attached hydrogens (primary N) is 1. The fraction of sp³-hybridized carbons (Fsp3) is 0.200. The summed E-state index contributed by atoms with van der Waals surface area (Å²) in [4.78, 5) is 15.8. The van der Waals surface area contributed by atoms with Crippen LogP contribution in [-0.4, -0.2) is 28.6 Å². The molecule has 0 fully saturated rings. The van der Waals surface area contributed by atoms with E-state index in [1.54, 1.807) is 0 Å². The first-order valence-electron chi connectivity index (χ1n) is 6.38. The molecule has 0 spiro atoms. The van der Waals surface area contributed by atoms with Gasteiger partial charge in [0.15, 0.2) is 0 Å². The minimum Gasteiger partial charge on any atom is -0.505 e. The second kappa shape index (κ2) is 6.68. The summed E-state index contributed by atoms with van der Waals surface area (Å²) in [6.07, 6.45) is 3.35. The Balaban J connectivity index is 2.03. The Hall–Kier alpha value is -2.40. The van der Waals surface area contributed by atoms with E-state index in [4.69, 9.17) is 5.73 Å². The van der Waals surface area contributed by atoms with Crippen molar-refractivity contribution >= 4 is 5.91 Å².